The van der Waals surface area contributed by atoms with Gasteiger partial charge in [-0.2, -0.15) is 0 Å². The third-order valence-corrected chi connectivity index (χ3v) is 8.72. The van der Waals surface area contributed by atoms with Gasteiger partial charge in [0.15, 0.2) is 0 Å². The number of likely N-dealkylation sites (tertiary alicyclic amines) is 1. The molecule has 3 aliphatic heterocycles. The maximum Gasteiger partial charge on any atom is 0.408 e. The second-order valence-corrected chi connectivity index (χ2v) is 12.3. The van der Waals surface area contributed by atoms with Gasteiger partial charge in [-0.3, -0.25) is 4.79 Å². The fourth-order valence-corrected chi connectivity index (χ4v) is 5.85. The Labute approximate surface area is 221 Å². The van der Waals surface area contributed by atoms with Gasteiger partial charge in [-0.05, 0) is 69.8 Å². The molecular formula is C29H44N2O6. The number of alkyl carbamates (subject to hydrolysis) is 1. The quantitative estimate of drug-likeness (QED) is 0.613. The van der Waals surface area contributed by atoms with E-state index in [1.807, 2.05) is 62.9 Å². The molecule has 0 saturated carbocycles. The molecule has 4 rings (SSSR count). The molecule has 37 heavy (non-hydrogen) atoms. The summed E-state index contributed by atoms with van der Waals surface area (Å²) in [5.41, 5.74) is -0.180. The lowest BCUT2D eigenvalue weighted by molar-refractivity contribution is -0.240. The fraction of sp³-hybridized carbons (Fsp3) is 0.724. The molecule has 0 aliphatic carbocycles. The molecule has 2 N–H and O–H groups in total. The number of nitrogens with one attached hydrogen (secondary N) is 1. The number of carbonyl (C=O) groups excluding carboxylic acids is 2. The van der Waals surface area contributed by atoms with E-state index in [9.17, 15) is 14.7 Å². The summed E-state index contributed by atoms with van der Waals surface area (Å²) < 4.78 is 18.3. The summed E-state index contributed by atoms with van der Waals surface area (Å²) in [6, 6.07) is 8.84. The van der Waals surface area contributed by atoms with Gasteiger partial charge in [0.1, 0.15) is 12.6 Å². The molecule has 3 saturated heterocycles. The number of aliphatic hydroxyl groups is 1. The Bertz CT molecular complexity index is 943. The number of ether oxygens (including phenoxy) is 3. The Morgan fingerprint density at radius 2 is 1.81 bits per heavy atom. The Morgan fingerprint density at radius 3 is 2.46 bits per heavy atom. The van der Waals surface area contributed by atoms with Gasteiger partial charge in [0.25, 0.3) is 0 Å². The van der Waals surface area contributed by atoms with Crippen molar-refractivity contribution in [2.24, 2.45) is 11.3 Å². The summed E-state index contributed by atoms with van der Waals surface area (Å²) in [7, 11) is 0. The van der Waals surface area contributed by atoms with E-state index in [4.69, 9.17) is 14.2 Å². The lowest BCUT2D eigenvalue weighted by atomic mass is 9.69. The maximum absolute atomic E-state index is 13.4. The highest BCUT2D eigenvalue weighted by Crippen LogP contribution is 2.49. The van der Waals surface area contributed by atoms with Crippen molar-refractivity contribution in [1.82, 2.24) is 10.2 Å². The maximum atomic E-state index is 13.4. The van der Waals surface area contributed by atoms with Crippen molar-refractivity contribution < 1.29 is 28.9 Å². The van der Waals surface area contributed by atoms with Crippen LogP contribution in [0.25, 0.3) is 0 Å². The minimum absolute atomic E-state index is 0.0539. The van der Waals surface area contributed by atoms with Crippen LogP contribution in [0.15, 0.2) is 30.3 Å². The molecule has 3 heterocycles. The molecule has 0 unspecified atom stereocenters. The predicted octanol–water partition coefficient (Wildman–Crippen LogP) is 4.04. The van der Waals surface area contributed by atoms with Crippen molar-refractivity contribution in [3.05, 3.63) is 35.9 Å². The van der Waals surface area contributed by atoms with Crippen LogP contribution in [-0.4, -0.2) is 71.2 Å². The van der Waals surface area contributed by atoms with E-state index in [2.05, 4.69) is 12.2 Å². The molecule has 1 aromatic carbocycles. The first-order valence-electron chi connectivity index (χ1n) is 13.7. The molecule has 4 atom stereocenters. The number of rotatable bonds is 5. The minimum Gasteiger partial charge on any atom is -0.445 e. The Morgan fingerprint density at radius 1 is 1.14 bits per heavy atom. The highest BCUT2D eigenvalue weighted by Gasteiger charge is 2.53. The molecule has 8 nitrogen and oxygen atoms in total. The highest BCUT2D eigenvalue weighted by molar-refractivity contribution is 5.86. The molecule has 8 heteroatoms. The highest BCUT2D eigenvalue weighted by atomic mass is 16.6. The predicted molar refractivity (Wildman–Crippen MR) is 140 cm³/mol. The Hall–Kier alpha value is -2.16. The number of hydrogen-bond donors (Lipinski definition) is 2. The summed E-state index contributed by atoms with van der Waals surface area (Å²) in [5, 5.41) is 13.4. The van der Waals surface area contributed by atoms with E-state index >= 15 is 0 Å². The first-order valence-corrected chi connectivity index (χ1v) is 13.7. The van der Waals surface area contributed by atoms with Crippen molar-refractivity contribution in [3.63, 3.8) is 0 Å². The Kier molecular flexibility index (Phi) is 8.22. The smallest absolute Gasteiger partial charge is 0.408 e. The number of benzene rings is 1. The summed E-state index contributed by atoms with van der Waals surface area (Å²) in [6.45, 7) is 11.9. The summed E-state index contributed by atoms with van der Waals surface area (Å²) >= 11 is 0. The Balaban J connectivity index is 1.34. The number of aliphatic hydroxyl groups excluding tert-OH is 1. The summed E-state index contributed by atoms with van der Waals surface area (Å²) in [5.74, 6) is -0.141. The van der Waals surface area contributed by atoms with E-state index in [0.717, 1.165) is 31.2 Å². The van der Waals surface area contributed by atoms with Gasteiger partial charge in [0.05, 0.1) is 30.0 Å². The molecule has 0 radical (unpaired) electrons. The zero-order valence-corrected chi connectivity index (χ0v) is 23.0. The fourth-order valence-electron chi connectivity index (χ4n) is 5.85. The number of hydrogen-bond acceptors (Lipinski definition) is 6. The van der Waals surface area contributed by atoms with Crippen molar-refractivity contribution in [2.75, 3.05) is 19.7 Å². The average Bonchev–Trinajstić information content (AvgIpc) is 2.95. The van der Waals surface area contributed by atoms with Crippen LogP contribution in [0, 0.1) is 11.3 Å². The van der Waals surface area contributed by atoms with Crippen molar-refractivity contribution in [2.45, 2.75) is 103 Å². The molecule has 206 valence electrons. The van der Waals surface area contributed by atoms with Gasteiger partial charge in [-0.15, -0.1) is 0 Å². The minimum atomic E-state index is -0.643. The third kappa shape index (κ3) is 6.29. The van der Waals surface area contributed by atoms with E-state index in [1.165, 1.54) is 0 Å². The number of nitrogens with zero attached hydrogens (tertiary/aromatic N) is 1. The molecule has 0 aromatic heterocycles. The number of piperidine rings is 1. The van der Waals surface area contributed by atoms with Gasteiger partial charge in [0.2, 0.25) is 5.91 Å². The van der Waals surface area contributed by atoms with Gasteiger partial charge in [0, 0.05) is 13.1 Å². The normalized spacial score (nSPS) is 29.8. The van der Waals surface area contributed by atoms with Crippen molar-refractivity contribution in [1.29, 1.82) is 0 Å². The van der Waals surface area contributed by atoms with Crippen LogP contribution >= 0.6 is 0 Å². The molecule has 2 amide bonds. The zero-order valence-electron chi connectivity index (χ0n) is 23.0. The molecule has 1 aromatic rings. The monoisotopic (exact) mass is 516 g/mol. The van der Waals surface area contributed by atoms with Crippen LogP contribution in [0.4, 0.5) is 4.79 Å². The van der Waals surface area contributed by atoms with Crippen molar-refractivity contribution in [3.8, 4) is 0 Å². The van der Waals surface area contributed by atoms with Crippen LogP contribution in [-0.2, 0) is 25.6 Å². The van der Waals surface area contributed by atoms with Crippen LogP contribution in [0.5, 0.6) is 0 Å². The van der Waals surface area contributed by atoms with Gasteiger partial charge in [-0.1, -0.05) is 44.2 Å². The lowest BCUT2D eigenvalue weighted by Crippen LogP contribution is -2.59. The third-order valence-electron chi connectivity index (χ3n) is 8.72. The number of fused-ring (bicyclic) bond motifs is 1. The summed E-state index contributed by atoms with van der Waals surface area (Å²) in [6.07, 6.45) is 2.73. The van der Waals surface area contributed by atoms with E-state index in [1.54, 1.807) is 0 Å². The van der Waals surface area contributed by atoms with Gasteiger partial charge in [-0.25, -0.2) is 4.79 Å². The van der Waals surface area contributed by atoms with Gasteiger partial charge >= 0.3 is 6.09 Å². The first-order chi connectivity index (χ1) is 17.4. The topological polar surface area (TPSA) is 97.3 Å². The van der Waals surface area contributed by atoms with Crippen LogP contribution in [0.3, 0.4) is 0 Å². The second-order valence-electron chi connectivity index (χ2n) is 12.3. The zero-order chi connectivity index (χ0) is 26.8. The number of amides is 2. The van der Waals surface area contributed by atoms with E-state index < -0.39 is 29.4 Å². The average molecular weight is 517 g/mol. The lowest BCUT2D eigenvalue weighted by Gasteiger charge is -2.53. The largest absolute Gasteiger partial charge is 0.445 e. The first kappa shape index (κ1) is 27.9. The molecule has 3 aliphatic rings. The van der Waals surface area contributed by atoms with Crippen LogP contribution in [0.1, 0.15) is 72.3 Å². The van der Waals surface area contributed by atoms with Crippen LogP contribution < -0.4 is 5.32 Å². The summed E-state index contributed by atoms with van der Waals surface area (Å²) in [4.78, 5) is 27.8. The standard InChI is InChI=1S/C29H44N2O6/c1-20(2)24(30-26(34)35-18-21-9-7-6-8-10-21)25(33)31-15-13-29(14-16-31)17-23-28(5,36-19-29)12-11-22(32)27(3,4)37-23/h6-10,20,22-24,32H,11-19H2,1-5H3,(H,30,34)/t22-,23-,24-,28+/m0/s1. The van der Waals surface area contributed by atoms with Crippen LogP contribution in [0.2, 0.25) is 0 Å². The van der Waals surface area contributed by atoms with Gasteiger partial charge < -0.3 is 29.5 Å². The molecule has 0 bridgehead atoms. The second kappa shape index (κ2) is 10.9. The molecule has 1 spiro atoms. The van der Waals surface area contributed by atoms with Crippen molar-refractivity contribution >= 4 is 12.0 Å². The van der Waals surface area contributed by atoms with E-state index in [-0.39, 0.29) is 30.0 Å². The molecule has 3 fully saturated rings. The van der Waals surface area contributed by atoms with E-state index in [0.29, 0.717) is 26.1 Å². The molecular weight excluding hydrogens is 472 g/mol. The SMILES string of the molecule is CC(C)[C@H](NC(=O)OCc1ccccc1)C(=O)N1CCC2(CC1)CO[C@]1(C)CC[C@H](O)C(C)(C)O[C@H]1C2. The number of carbonyl (C=O) groups is 2.